The quantitative estimate of drug-likeness (QED) is 0.844. The highest BCUT2D eigenvalue weighted by Crippen LogP contribution is 2.23. The maximum absolute atomic E-state index is 12.5. The standard InChI is InChI=1S/C23H29N3O3/c1-25-12-10-21(11-13-25)29-20-8-6-19(7-9-20)24-23(27)17-26-14-15-28-22-5-3-2-4-18(22)16-26/h2-9,21H,10-17H2,1H3,(H,24,27). The van der Waals surface area contributed by atoms with Crippen LogP contribution in [0.3, 0.4) is 0 Å². The monoisotopic (exact) mass is 395 g/mol. The van der Waals surface area contributed by atoms with Gasteiger partial charge in [0.25, 0.3) is 0 Å². The van der Waals surface area contributed by atoms with Crippen LogP contribution in [0.1, 0.15) is 18.4 Å². The summed E-state index contributed by atoms with van der Waals surface area (Å²) in [5.74, 6) is 1.75. The predicted octanol–water partition coefficient (Wildman–Crippen LogP) is 2.99. The van der Waals surface area contributed by atoms with Gasteiger partial charge in [-0.05, 0) is 50.2 Å². The molecule has 1 saturated heterocycles. The molecule has 6 nitrogen and oxygen atoms in total. The molecule has 0 spiro atoms. The average molecular weight is 396 g/mol. The van der Waals surface area contributed by atoms with Crippen molar-refractivity contribution in [1.29, 1.82) is 0 Å². The zero-order valence-corrected chi connectivity index (χ0v) is 17.0. The first-order valence-corrected chi connectivity index (χ1v) is 10.3. The van der Waals surface area contributed by atoms with E-state index in [4.69, 9.17) is 9.47 Å². The van der Waals surface area contributed by atoms with Crippen molar-refractivity contribution in [2.75, 3.05) is 45.2 Å². The van der Waals surface area contributed by atoms with E-state index in [0.29, 0.717) is 19.7 Å². The summed E-state index contributed by atoms with van der Waals surface area (Å²) in [4.78, 5) is 16.9. The van der Waals surface area contributed by atoms with E-state index in [-0.39, 0.29) is 12.0 Å². The average Bonchev–Trinajstić information content (AvgIpc) is 2.93. The Morgan fingerprint density at radius 1 is 1.10 bits per heavy atom. The van der Waals surface area contributed by atoms with Crippen LogP contribution in [0.4, 0.5) is 5.69 Å². The molecule has 1 fully saturated rings. The molecule has 2 aliphatic rings. The third-order valence-corrected chi connectivity index (χ3v) is 5.51. The molecule has 2 aromatic carbocycles. The Morgan fingerprint density at radius 3 is 2.66 bits per heavy atom. The van der Waals surface area contributed by atoms with Gasteiger partial charge in [-0.3, -0.25) is 9.69 Å². The molecule has 154 valence electrons. The van der Waals surface area contributed by atoms with E-state index in [1.165, 1.54) is 0 Å². The largest absolute Gasteiger partial charge is 0.492 e. The van der Waals surface area contributed by atoms with Gasteiger partial charge in [-0.15, -0.1) is 0 Å². The summed E-state index contributed by atoms with van der Waals surface area (Å²) in [5, 5.41) is 2.99. The number of carbonyl (C=O) groups excluding carboxylic acids is 1. The van der Waals surface area contributed by atoms with Crippen LogP contribution >= 0.6 is 0 Å². The van der Waals surface area contributed by atoms with E-state index in [0.717, 1.165) is 55.2 Å². The van der Waals surface area contributed by atoms with Crippen molar-refractivity contribution in [3.05, 3.63) is 54.1 Å². The fraction of sp³-hybridized carbons (Fsp3) is 0.435. The molecule has 2 heterocycles. The van der Waals surface area contributed by atoms with Gasteiger partial charge in [0, 0.05) is 37.4 Å². The number of amides is 1. The Bertz CT molecular complexity index is 816. The number of hydrogen-bond donors (Lipinski definition) is 1. The molecule has 0 unspecified atom stereocenters. The van der Waals surface area contributed by atoms with Crippen molar-refractivity contribution >= 4 is 11.6 Å². The smallest absolute Gasteiger partial charge is 0.238 e. The number of likely N-dealkylation sites (tertiary alicyclic amines) is 1. The maximum atomic E-state index is 12.5. The summed E-state index contributed by atoms with van der Waals surface area (Å²) in [6.45, 7) is 4.52. The zero-order chi connectivity index (χ0) is 20.1. The highest BCUT2D eigenvalue weighted by atomic mass is 16.5. The van der Waals surface area contributed by atoms with Gasteiger partial charge < -0.3 is 19.7 Å². The summed E-state index contributed by atoms with van der Waals surface area (Å²) in [5.41, 5.74) is 1.91. The molecule has 29 heavy (non-hydrogen) atoms. The van der Waals surface area contributed by atoms with Crippen molar-refractivity contribution in [3.63, 3.8) is 0 Å². The molecule has 2 aromatic rings. The van der Waals surface area contributed by atoms with E-state index in [1.807, 2.05) is 42.5 Å². The SMILES string of the molecule is CN1CCC(Oc2ccc(NC(=O)CN3CCOc4ccccc4C3)cc2)CC1. The fourth-order valence-corrected chi connectivity index (χ4v) is 3.83. The van der Waals surface area contributed by atoms with Crippen molar-refractivity contribution in [2.45, 2.75) is 25.5 Å². The Balaban J connectivity index is 1.27. The van der Waals surface area contributed by atoms with Gasteiger partial charge in [0.1, 0.15) is 24.2 Å². The molecule has 0 aromatic heterocycles. The van der Waals surface area contributed by atoms with E-state index in [1.54, 1.807) is 0 Å². The summed E-state index contributed by atoms with van der Waals surface area (Å²) in [6, 6.07) is 15.7. The molecule has 6 heteroatoms. The van der Waals surface area contributed by atoms with Gasteiger partial charge in [0.05, 0.1) is 6.54 Å². The highest BCUT2D eigenvalue weighted by Gasteiger charge is 2.19. The van der Waals surface area contributed by atoms with Gasteiger partial charge in [-0.1, -0.05) is 18.2 Å². The van der Waals surface area contributed by atoms with E-state index < -0.39 is 0 Å². The second kappa shape index (κ2) is 9.29. The lowest BCUT2D eigenvalue weighted by molar-refractivity contribution is -0.117. The topological polar surface area (TPSA) is 54.0 Å². The predicted molar refractivity (Wildman–Crippen MR) is 113 cm³/mol. The van der Waals surface area contributed by atoms with Crippen LogP contribution in [-0.2, 0) is 11.3 Å². The molecule has 0 radical (unpaired) electrons. The lowest BCUT2D eigenvalue weighted by Gasteiger charge is -2.29. The van der Waals surface area contributed by atoms with Crippen LogP contribution < -0.4 is 14.8 Å². The molecule has 4 rings (SSSR count). The number of anilines is 1. The van der Waals surface area contributed by atoms with Crippen LogP contribution in [0, 0.1) is 0 Å². The van der Waals surface area contributed by atoms with Crippen LogP contribution in [0.5, 0.6) is 11.5 Å². The van der Waals surface area contributed by atoms with E-state index in [2.05, 4.69) is 28.2 Å². The minimum Gasteiger partial charge on any atom is -0.492 e. The lowest BCUT2D eigenvalue weighted by atomic mass is 10.1. The first-order chi connectivity index (χ1) is 14.2. The molecule has 2 aliphatic heterocycles. The molecule has 1 N–H and O–H groups in total. The van der Waals surface area contributed by atoms with Crippen molar-refractivity contribution in [1.82, 2.24) is 9.80 Å². The van der Waals surface area contributed by atoms with Crippen LogP contribution in [0.25, 0.3) is 0 Å². The number of para-hydroxylation sites is 1. The molecule has 1 amide bonds. The first-order valence-electron chi connectivity index (χ1n) is 10.3. The normalized spacial score (nSPS) is 18.4. The summed E-state index contributed by atoms with van der Waals surface area (Å²) < 4.78 is 11.8. The second-order valence-corrected chi connectivity index (χ2v) is 7.86. The molecule has 0 atom stereocenters. The van der Waals surface area contributed by atoms with Crippen LogP contribution in [0.15, 0.2) is 48.5 Å². The zero-order valence-electron chi connectivity index (χ0n) is 17.0. The van der Waals surface area contributed by atoms with Crippen LogP contribution in [-0.4, -0.2) is 61.6 Å². The van der Waals surface area contributed by atoms with Crippen molar-refractivity contribution in [3.8, 4) is 11.5 Å². The number of carbonyl (C=O) groups is 1. The number of ether oxygens (including phenoxy) is 2. The Hall–Kier alpha value is -2.57. The van der Waals surface area contributed by atoms with E-state index >= 15 is 0 Å². The number of piperidine rings is 1. The maximum Gasteiger partial charge on any atom is 0.238 e. The van der Waals surface area contributed by atoms with Gasteiger partial charge in [0.2, 0.25) is 5.91 Å². The Labute approximate surface area is 172 Å². The van der Waals surface area contributed by atoms with Crippen molar-refractivity contribution < 1.29 is 14.3 Å². The number of nitrogens with one attached hydrogen (secondary N) is 1. The molecule has 0 aliphatic carbocycles. The second-order valence-electron chi connectivity index (χ2n) is 7.86. The van der Waals surface area contributed by atoms with Gasteiger partial charge >= 0.3 is 0 Å². The van der Waals surface area contributed by atoms with E-state index in [9.17, 15) is 4.79 Å². The number of rotatable bonds is 5. The summed E-state index contributed by atoms with van der Waals surface area (Å²) >= 11 is 0. The fourth-order valence-electron chi connectivity index (χ4n) is 3.83. The lowest BCUT2D eigenvalue weighted by Crippen LogP contribution is -2.35. The Morgan fingerprint density at radius 2 is 1.86 bits per heavy atom. The molecular weight excluding hydrogens is 366 g/mol. The first kappa shape index (κ1) is 19.7. The number of hydrogen-bond acceptors (Lipinski definition) is 5. The minimum absolute atomic E-state index is 0.0200. The summed E-state index contributed by atoms with van der Waals surface area (Å²) in [7, 11) is 2.14. The van der Waals surface area contributed by atoms with Crippen molar-refractivity contribution in [2.24, 2.45) is 0 Å². The molecular formula is C23H29N3O3. The number of benzene rings is 2. The molecule has 0 saturated carbocycles. The Kier molecular flexibility index (Phi) is 6.32. The number of fused-ring (bicyclic) bond motifs is 1. The van der Waals surface area contributed by atoms with Crippen LogP contribution in [0.2, 0.25) is 0 Å². The van der Waals surface area contributed by atoms with Gasteiger partial charge in [0.15, 0.2) is 0 Å². The third kappa shape index (κ3) is 5.49. The number of nitrogens with zero attached hydrogens (tertiary/aromatic N) is 2. The highest BCUT2D eigenvalue weighted by molar-refractivity contribution is 5.92. The molecule has 0 bridgehead atoms. The summed E-state index contributed by atoms with van der Waals surface area (Å²) in [6.07, 6.45) is 2.38. The van der Waals surface area contributed by atoms with Gasteiger partial charge in [-0.2, -0.15) is 0 Å². The third-order valence-electron chi connectivity index (χ3n) is 5.51. The van der Waals surface area contributed by atoms with Gasteiger partial charge in [-0.25, -0.2) is 0 Å². The minimum atomic E-state index is -0.0200.